The lowest BCUT2D eigenvalue weighted by Crippen LogP contribution is -2.54. The molecule has 0 radical (unpaired) electrons. The van der Waals surface area contributed by atoms with E-state index >= 15 is 0 Å². The van der Waals surface area contributed by atoms with Gasteiger partial charge in [-0.2, -0.15) is 0 Å². The standard InChI is InChI=1S/C16H23N2O4P/c1-3-13-9-11(2)18(13)8-7-12-10-17-14-5-4-6-15(16(12)14)22-23(19,20)21/h4-6,10-11,13,17H,3,7-9H2,1-2H3,(H2,19,20,21). The molecule has 0 spiro atoms. The maximum atomic E-state index is 11.2. The summed E-state index contributed by atoms with van der Waals surface area (Å²) in [7, 11) is -4.57. The minimum Gasteiger partial charge on any atom is -0.404 e. The predicted octanol–water partition coefficient (Wildman–Crippen LogP) is 3.05. The van der Waals surface area contributed by atoms with Crippen molar-refractivity contribution in [2.75, 3.05) is 6.54 Å². The Morgan fingerprint density at radius 1 is 1.43 bits per heavy atom. The molecular weight excluding hydrogens is 315 g/mol. The largest absolute Gasteiger partial charge is 0.524 e. The second-order valence-electron chi connectivity index (χ2n) is 6.21. The fraction of sp³-hybridized carbons (Fsp3) is 0.500. The average Bonchev–Trinajstić information content (AvgIpc) is 2.87. The third-order valence-corrected chi connectivity index (χ3v) is 5.16. The van der Waals surface area contributed by atoms with Crippen LogP contribution in [0.3, 0.4) is 0 Å². The van der Waals surface area contributed by atoms with Crippen LogP contribution in [0.1, 0.15) is 32.3 Å². The summed E-state index contributed by atoms with van der Waals surface area (Å²) in [4.78, 5) is 23.8. The van der Waals surface area contributed by atoms with Crippen molar-refractivity contribution >= 4 is 18.7 Å². The van der Waals surface area contributed by atoms with Gasteiger partial charge in [0.05, 0.1) is 0 Å². The third-order valence-electron chi connectivity index (χ3n) is 4.73. The summed E-state index contributed by atoms with van der Waals surface area (Å²) in [5, 5.41) is 0.761. The summed E-state index contributed by atoms with van der Waals surface area (Å²) in [6.45, 7) is 5.39. The van der Waals surface area contributed by atoms with Gasteiger partial charge in [-0.05, 0) is 43.9 Å². The van der Waals surface area contributed by atoms with Crippen molar-refractivity contribution in [3.05, 3.63) is 30.0 Å². The summed E-state index contributed by atoms with van der Waals surface area (Å²) >= 11 is 0. The molecule has 2 unspecified atom stereocenters. The van der Waals surface area contributed by atoms with E-state index in [0.717, 1.165) is 35.9 Å². The number of likely N-dealkylation sites (tertiary alicyclic amines) is 1. The van der Waals surface area contributed by atoms with Gasteiger partial charge in [0.25, 0.3) is 0 Å². The van der Waals surface area contributed by atoms with Gasteiger partial charge in [-0.3, -0.25) is 14.7 Å². The van der Waals surface area contributed by atoms with Crippen LogP contribution >= 0.6 is 7.82 Å². The Morgan fingerprint density at radius 3 is 2.87 bits per heavy atom. The number of fused-ring (bicyclic) bond motifs is 1. The molecule has 3 rings (SSSR count). The number of aromatic nitrogens is 1. The van der Waals surface area contributed by atoms with E-state index in [4.69, 9.17) is 14.3 Å². The number of hydrogen-bond donors (Lipinski definition) is 3. The van der Waals surface area contributed by atoms with Crippen LogP contribution in [0.15, 0.2) is 24.4 Å². The normalized spacial score (nSPS) is 22.3. The zero-order valence-corrected chi connectivity index (χ0v) is 14.3. The number of nitrogens with zero attached hydrogens (tertiary/aromatic N) is 1. The zero-order chi connectivity index (χ0) is 16.6. The number of phosphoric ester groups is 1. The molecule has 126 valence electrons. The molecule has 6 nitrogen and oxygen atoms in total. The minimum absolute atomic E-state index is 0.232. The Kier molecular flexibility index (Phi) is 4.52. The summed E-state index contributed by atoms with van der Waals surface area (Å²) in [5.41, 5.74) is 1.85. The molecule has 0 aliphatic carbocycles. The van der Waals surface area contributed by atoms with Crippen LogP contribution in [0.25, 0.3) is 10.9 Å². The topological polar surface area (TPSA) is 85.8 Å². The molecule has 0 bridgehead atoms. The van der Waals surface area contributed by atoms with E-state index < -0.39 is 7.82 Å². The molecule has 1 aliphatic heterocycles. The third kappa shape index (κ3) is 3.45. The summed E-state index contributed by atoms with van der Waals surface area (Å²) in [6, 6.07) is 6.46. The van der Waals surface area contributed by atoms with Crippen molar-refractivity contribution in [1.82, 2.24) is 9.88 Å². The Hall–Kier alpha value is -1.33. The molecule has 1 aromatic heterocycles. The van der Waals surface area contributed by atoms with Gasteiger partial charge in [-0.25, -0.2) is 4.57 Å². The number of H-pyrrole nitrogens is 1. The van der Waals surface area contributed by atoms with E-state index in [9.17, 15) is 4.57 Å². The Balaban J connectivity index is 1.82. The maximum absolute atomic E-state index is 11.2. The van der Waals surface area contributed by atoms with Gasteiger partial charge in [-0.1, -0.05) is 13.0 Å². The predicted molar refractivity (Wildman–Crippen MR) is 89.5 cm³/mol. The van der Waals surface area contributed by atoms with Crippen molar-refractivity contribution in [2.24, 2.45) is 0 Å². The number of aromatic amines is 1. The highest BCUT2D eigenvalue weighted by Gasteiger charge is 2.33. The molecule has 1 saturated heterocycles. The molecule has 23 heavy (non-hydrogen) atoms. The Labute approximate surface area is 135 Å². The minimum atomic E-state index is -4.57. The lowest BCUT2D eigenvalue weighted by Gasteiger charge is -2.47. The first-order chi connectivity index (χ1) is 10.9. The molecule has 1 aliphatic rings. The molecule has 0 saturated carbocycles. The lowest BCUT2D eigenvalue weighted by molar-refractivity contribution is 0.0255. The van der Waals surface area contributed by atoms with Crippen LogP contribution in [-0.4, -0.2) is 38.3 Å². The Morgan fingerprint density at radius 2 is 2.22 bits per heavy atom. The number of nitrogens with one attached hydrogen (secondary N) is 1. The van der Waals surface area contributed by atoms with Crippen LogP contribution < -0.4 is 4.52 Å². The molecule has 7 heteroatoms. The van der Waals surface area contributed by atoms with Gasteiger partial charge in [0.1, 0.15) is 5.75 Å². The van der Waals surface area contributed by atoms with Crippen LogP contribution in [0.5, 0.6) is 5.75 Å². The van der Waals surface area contributed by atoms with E-state index in [1.807, 2.05) is 12.3 Å². The van der Waals surface area contributed by atoms with Gasteiger partial charge in [0, 0.05) is 35.7 Å². The van der Waals surface area contributed by atoms with Crippen LogP contribution in [0.4, 0.5) is 0 Å². The fourth-order valence-corrected chi connectivity index (χ4v) is 3.97. The highest BCUT2D eigenvalue weighted by atomic mass is 31.2. The van der Waals surface area contributed by atoms with E-state index in [1.54, 1.807) is 12.1 Å². The van der Waals surface area contributed by atoms with Crippen LogP contribution in [0, 0.1) is 0 Å². The summed E-state index contributed by atoms with van der Waals surface area (Å²) in [5.74, 6) is 0.232. The van der Waals surface area contributed by atoms with Crippen molar-refractivity contribution in [3.8, 4) is 5.75 Å². The second kappa shape index (κ2) is 6.29. The quantitative estimate of drug-likeness (QED) is 0.705. The van der Waals surface area contributed by atoms with Gasteiger partial charge in [0.2, 0.25) is 0 Å². The number of rotatable bonds is 6. The SMILES string of the molecule is CCC1CC(C)N1CCc1c[nH]c2cccc(OP(=O)(O)O)c12. The monoisotopic (exact) mass is 338 g/mol. The lowest BCUT2D eigenvalue weighted by atomic mass is 9.91. The van der Waals surface area contributed by atoms with Gasteiger partial charge in [0.15, 0.2) is 0 Å². The average molecular weight is 338 g/mol. The molecule has 2 atom stereocenters. The number of phosphoric acid groups is 1. The first-order valence-corrected chi connectivity index (χ1v) is 9.52. The fourth-order valence-electron chi connectivity index (χ4n) is 3.56. The maximum Gasteiger partial charge on any atom is 0.524 e. The van der Waals surface area contributed by atoms with Gasteiger partial charge in [-0.15, -0.1) is 0 Å². The Bertz CT molecular complexity index is 739. The smallest absolute Gasteiger partial charge is 0.404 e. The van der Waals surface area contributed by atoms with E-state index in [-0.39, 0.29) is 5.75 Å². The van der Waals surface area contributed by atoms with Gasteiger partial charge >= 0.3 is 7.82 Å². The molecule has 1 fully saturated rings. The molecule has 2 heterocycles. The van der Waals surface area contributed by atoms with Crippen molar-refractivity contribution in [1.29, 1.82) is 0 Å². The van der Waals surface area contributed by atoms with Crippen LogP contribution in [-0.2, 0) is 11.0 Å². The summed E-state index contributed by atoms with van der Waals surface area (Å²) < 4.78 is 16.0. The molecule has 3 N–H and O–H groups in total. The highest BCUT2D eigenvalue weighted by Crippen LogP contribution is 2.41. The first-order valence-electron chi connectivity index (χ1n) is 7.99. The zero-order valence-electron chi connectivity index (χ0n) is 13.4. The van der Waals surface area contributed by atoms with E-state index in [2.05, 4.69) is 23.7 Å². The molecule has 2 aromatic rings. The first kappa shape index (κ1) is 16.5. The highest BCUT2D eigenvalue weighted by molar-refractivity contribution is 7.46. The van der Waals surface area contributed by atoms with Gasteiger partial charge < -0.3 is 9.51 Å². The van der Waals surface area contributed by atoms with Crippen molar-refractivity contribution in [3.63, 3.8) is 0 Å². The second-order valence-corrected chi connectivity index (χ2v) is 7.37. The van der Waals surface area contributed by atoms with Crippen LogP contribution in [0.2, 0.25) is 0 Å². The van der Waals surface area contributed by atoms with Crippen molar-refractivity contribution < 1.29 is 18.9 Å². The van der Waals surface area contributed by atoms with E-state index in [0.29, 0.717) is 12.1 Å². The molecular formula is C16H23N2O4P. The molecule has 1 aromatic carbocycles. The number of benzene rings is 1. The number of hydrogen-bond acceptors (Lipinski definition) is 3. The van der Waals surface area contributed by atoms with Crippen molar-refractivity contribution in [2.45, 2.75) is 45.2 Å². The molecule has 0 amide bonds. The van der Waals surface area contributed by atoms with E-state index in [1.165, 1.54) is 6.42 Å². The summed E-state index contributed by atoms with van der Waals surface area (Å²) in [6.07, 6.45) is 5.13.